The minimum Gasteiger partial charge on any atom is -0.460 e. The molecular weight excluding hydrogens is 1330 g/mol. The number of hydrogen-bond donors (Lipinski definition) is 7. The molecule has 1 heterocycles. The summed E-state index contributed by atoms with van der Waals surface area (Å²) in [6, 6.07) is 23.9. The molecular formula is C74H103N11O14S2. The summed E-state index contributed by atoms with van der Waals surface area (Å²) >= 11 is 0. The van der Waals surface area contributed by atoms with Gasteiger partial charge in [0, 0.05) is 64.5 Å². The van der Waals surface area contributed by atoms with Crippen LogP contribution in [0.25, 0.3) is 0 Å². The number of rotatable bonds is 22. The Morgan fingerprint density at radius 2 is 1.13 bits per heavy atom. The summed E-state index contributed by atoms with van der Waals surface area (Å²) < 4.78 is 10.8. The minimum absolute atomic E-state index is 0.0193. The maximum absolute atomic E-state index is 15.5. The largest absolute Gasteiger partial charge is 0.460 e. The van der Waals surface area contributed by atoms with Crippen LogP contribution in [0.3, 0.4) is 0 Å². The van der Waals surface area contributed by atoms with E-state index in [1.54, 1.807) is 121 Å². The fourth-order valence-electron chi connectivity index (χ4n) is 11.0. The second-order valence-corrected chi connectivity index (χ2v) is 29.9. The lowest BCUT2D eigenvalue weighted by Crippen LogP contribution is -2.60. The lowest BCUT2D eigenvalue weighted by Gasteiger charge is -2.35. The molecule has 27 heteroatoms. The van der Waals surface area contributed by atoms with Crippen LogP contribution >= 0.6 is 21.6 Å². The number of carbonyl (C=O) groups is 11. The third kappa shape index (κ3) is 27.3. The Balaban J connectivity index is 1.59. The quantitative estimate of drug-likeness (QED) is 0.0239. The van der Waals surface area contributed by atoms with Crippen molar-refractivity contribution in [3.8, 4) is 0 Å². The van der Waals surface area contributed by atoms with Crippen molar-refractivity contribution in [2.24, 2.45) is 5.92 Å². The van der Waals surface area contributed by atoms with Gasteiger partial charge in [0.1, 0.15) is 67.8 Å². The van der Waals surface area contributed by atoms with Gasteiger partial charge in [-0.25, -0.2) is 9.59 Å². The van der Waals surface area contributed by atoms with Crippen LogP contribution in [-0.2, 0) is 83.1 Å². The molecule has 0 aliphatic carbocycles. The monoisotopic (exact) mass is 1430 g/mol. The summed E-state index contributed by atoms with van der Waals surface area (Å²) in [5.41, 5.74) is 2.58. The van der Waals surface area contributed by atoms with E-state index in [4.69, 9.17) is 9.47 Å². The topological polar surface area (TPSA) is 315 Å². The zero-order valence-electron chi connectivity index (χ0n) is 60.2. The summed E-state index contributed by atoms with van der Waals surface area (Å²) in [6.45, 7) is 14.9. The predicted molar refractivity (Wildman–Crippen MR) is 390 cm³/mol. The van der Waals surface area contributed by atoms with E-state index in [1.807, 2.05) is 34.6 Å². The average Bonchev–Trinajstić information content (AvgIpc) is 0.836. The molecule has 1 aliphatic rings. The van der Waals surface area contributed by atoms with Crippen molar-refractivity contribution in [1.29, 1.82) is 0 Å². The molecule has 0 bridgehead atoms. The maximum Gasteiger partial charge on any atom is 0.408 e. The van der Waals surface area contributed by atoms with Gasteiger partial charge in [0.05, 0.1) is 12.6 Å². The second-order valence-electron chi connectivity index (χ2n) is 26.8. The number of cyclic esters (lactones) is 1. The molecule has 2 unspecified atom stereocenters. The molecule has 1 fully saturated rings. The van der Waals surface area contributed by atoms with Crippen molar-refractivity contribution in [2.45, 2.75) is 165 Å². The summed E-state index contributed by atoms with van der Waals surface area (Å²) in [5.74, 6) is -7.22. The van der Waals surface area contributed by atoms with Gasteiger partial charge in [-0.1, -0.05) is 190 Å². The van der Waals surface area contributed by atoms with E-state index in [-0.39, 0.29) is 80.9 Å². The van der Waals surface area contributed by atoms with Gasteiger partial charge < -0.3 is 66.1 Å². The van der Waals surface area contributed by atoms with Crippen LogP contribution in [0.4, 0.5) is 4.79 Å². The van der Waals surface area contributed by atoms with Crippen molar-refractivity contribution in [1.82, 2.24) is 56.4 Å². The fraction of sp³-hybridized carbons (Fsp3) is 0.500. The highest BCUT2D eigenvalue weighted by molar-refractivity contribution is 8.77. The number of aliphatic hydroxyl groups is 1. The van der Waals surface area contributed by atoms with Crippen LogP contribution in [-0.4, -0.2) is 227 Å². The summed E-state index contributed by atoms with van der Waals surface area (Å²) in [5, 5.41) is 28.8. The van der Waals surface area contributed by atoms with E-state index < -0.39 is 139 Å². The molecule has 101 heavy (non-hydrogen) atoms. The van der Waals surface area contributed by atoms with Crippen molar-refractivity contribution in [2.75, 3.05) is 67.3 Å². The molecule has 0 radical (unpaired) electrons. The molecule has 25 nitrogen and oxygen atoms in total. The standard InChI is InChI=1S/C74H103N11O14S2/c1-14-39-98-73(97)80-58(47-100-101-74(6,7)8)65(89)75-38-28-27-37-55-71(95)85(13)59(40-48(2)3)67(91)78-56(41-51-29-19-15-20-30-51)70(94)81(9)45-62(86)83(11)60(43-53-33-23-17-24-34-53)66(90)76-49(4)69(93)82(10)50(5)64(88)79-57(42-52-31-21-16-22-32-52)72(96)99-46-63(87)84(12)61(68(92)77-55)44-54-35-25-18-26-36-54/h14-26,29-36,48-50,55-61,63,87H,1,27-28,37-47H2,2-13H3,(H,75,89)(H,76,90)(H,77,92)(H,78,91)(H,79,88)(H,80,97)/t49-,50-,55-,56-,57?,58-,59-,60-,61-,63?/m0/s1. The number of likely N-dealkylation sites (N-methyl/N-ethyl adjacent to an activating group) is 5. The molecule has 0 aromatic heterocycles. The van der Waals surface area contributed by atoms with Gasteiger partial charge >= 0.3 is 12.1 Å². The SMILES string of the molecule is C=CCOC(=O)N[C@@H](CSSC(C)(C)C)C(=O)NCCCC[C@@H]1NC(=O)[C@H](Cc2ccccc2)N(C)C(O)COC(=O)C(Cc2ccccc2)NC(=O)[C@H](C)N(C)C(=O)[C@H](C)NC(=O)[C@H](Cc2ccccc2)N(C)C(=O)CN(C)C(=O)[C@H](Cc2ccccc2)NC(=O)[C@H](CC(C)C)N(C)C1=O. The molecule has 0 saturated carbocycles. The Kier molecular flexibility index (Phi) is 33.8. The van der Waals surface area contributed by atoms with E-state index in [0.29, 0.717) is 22.3 Å². The highest BCUT2D eigenvalue weighted by atomic mass is 33.1. The van der Waals surface area contributed by atoms with Gasteiger partial charge in [0.15, 0.2) is 0 Å². The summed E-state index contributed by atoms with van der Waals surface area (Å²) in [7, 11) is 9.94. The summed E-state index contributed by atoms with van der Waals surface area (Å²) in [4.78, 5) is 165. The lowest BCUT2D eigenvalue weighted by atomic mass is 9.98. The smallest absolute Gasteiger partial charge is 0.408 e. The number of aliphatic hydroxyl groups excluding tert-OH is 1. The third-order valence-corrected chi connectivity index (χ3v) is 20.4. The maximum atomic E-state index is 15.5. The third-order valence-electron chi connectivity index (χ3n) is 17.0. The minimum atomic E-state index is -1.69. The molecule has 7 N–H and O–H groups in total. The number of esters is 1. The van der Waals surface area contributed by atoms with E-state index >= 15 is 14.4 Å². The van der Waals surface area contributed by atoms with E-state index in [9.17, 15) is 43.5 Å². The first-order chi connectivity index (χ1) is 47.9. The van der Waals surface area contributed by atoms with Crippen molar-refractivity contribution in [3.05, 3.63) is 156 Å². The number of nitrogens with one attached hydrogen (secondary N) is 6. The lowest BCUT2D eigenvalue weighted by molar-refractivity contribution is -0.157. The number of alkyl carbamates (subject to hydrolysis) is 1. The van der Waals surface area contributed by atoms with E-state index in [0.717, 1.165) is 9.80 Å². The Morgan fingerprint density at radius 3 is 1.66 bits per heavy atom. The van der Waals surface area contributed by atoms with Crippen LogP contribution in [0.5, 0.6) is 0 Å². The average molecular weight is 1430 g/mol. The molecule has 4 aromatic rings. The van der Waals surface area contributed by atoms with Crippen LogP contribution in [0, 0.1) is 5.92 Å². The number of benzene rings is 4. The number of amides is 10. The molecule has 10 atom stereocenters. The van der Waals surface area contributed by atoms with Crippen LogP contribution in [0.15, 0.2) is 134 Å². The first-order valence-electron chi connectivity index (χ1n) is 34.0. The van der Waals surface area contributed by atoms with E-state index in [1.165, 1.54) is 91.4 Å². The van der Waals surface area contributed by atoms with Crippen molar-refractivity contribution in [3.63, 3.8) is 0 Å². The zero-order chi connectivity index (χ0) is 74.5. The van der Waals surface area contributed by atoms with Gasteiger partial charge in [0.2, 0.25) is 53.2 Å². The summed E-state index contributed by atoms with van der Waals surface area (Å²) in [6.07, 6.45) is -0.821. The molecule has 0 spiro atoms. The molecule has 1 aliphatic heterocycles. The van der Waals surface area contributed by atoms with E-state index in [2.05, 4.69) is 38.5 Å². The van der Waals surface area contributed by atoms with Gasteiger partial charge in [-0.05, 0) is 81.2 Å². The Bertz CT molecular complexity index is 3390. The molecule has 550 valence electrons. The molecule has 5 rings (SSSR count). The Morgan fingerprint density at radius 1 is 0.634 bits per heavy atom. The molecule has 1 saturated heterocycles. The number of unbranched alkanes of at least 4 members (excludes halogenated alkanes) is 1. The highest BCUT2D eigenvalue weighted by Gasteiger charge is 2.40. The number of carbonyl (C=O) groups excluding carboxylic acids is 11. The van der Waals surface area contributed by atoms with Crippen molar-refractivity contribution < 1.29 is 67.3 Å². The highest BCUT2D eigenvalue weighted by Crippen LogP contribution is 2.35. The fourth-order valence-corrected chi connectivity index (χ4v) is 13.5. The first-order valence-corrected chi connectivity index (χ1v) is 36.3. The Labute approximate surface area is 602 Å². The van der Waals surface area contributed by atoms with Gasteiger partial charge in [-0.3, -0.25) is 48.1 Å². The number of nitrogens with zero attached hydrogens (tertiary/aromatic N) is 5. The molecule has 10 amide bonds. The van der Waals surface area contributed by atoms with Gasteiger partial charge in [0.25, 0.3) is 0 Å². The first kappa shape index (κ1) is 82.9. The number of hydrogen-bond acceptors (Lipinski definition) is 17. The van der Waals surface area contributed by atoms with Crippen LogP contribution in [0.2, 0.25) is 0 Å². The van der Waals surface area contributed by atoms with Crippen molar-refractivity contribution >= 4 is 86.8 Å². The second kappa shape index (κ2) is 41.2. The normalized spacial score (nSPS) is 22.5. The van der Waals surface area contributed by atoms with Crippen LogP contribution in [0.1, 0.15) is 96.4 Å². The Hall–Kier alpha value is -8.79. The van der Waals surface area contributed by atoms with Gasteiger partial charge in [-0.15, -0.1) is 0 Å². The van der Waals surface area contributed by atoms with Gasteiger partial charge in [-0.2, -0.15) is 0 Å². The predicted octanol–water partition coefficient (Wildman–Crippen LogP) is 4.84. The van der Waals surface area contributed by atoms with Crippen LogP contribution < -0.4 is 31.9 Å². The molecule has 4 aromatic carbocycles. The number of ether oxygens (including phenoxy) is 2. The zero-order valence-corrected chi connectivity index (χ0v) is 61.8.